The second-order valence-electron chi connectivity index (χ2n) is 6.57. The van der Waals surface area contributed by atoms with E-state index in [9.17, 15) is 23.2 Å². The van der Waals surface area contributed by atoms with E-state index in [1.165, 1.54) is 41.7 Å². The van der Waals surface area contributed by atoms with Gasteiger partial charge in [0.25, 0.3) is 5.91 Å². The van der Waals surface area contributed by atoms with Gasteiger partial charge in [0.15, 0.2) is 27.9 Å². The average Bonchev–Trinajstić information content (AvgIpc) is 3.42. The van der Waals surface area contributed by atoms with E-state index in [0.717, 1.165) is 5.69 Å². The maximum absolute atomic E-state index is 12.5. The zero-order chi connectivity index (χ0) is 21.3. The van der Waals surface area contributed by atoms with Crippen molar-refractivity contribution in [1.82, 2.24) is 10.0 Å². The monoisotopic (exact) mass is 452 g/mol. The molecule has 2 atom stereocenters. The van der Waals surface area contributed by atoms with E-state index in [1.807, 2.05) is 5.38 Å². The molecule has 1 N–H and O–H groups in total. The van der Waals surface area contributed by atoms with E-state index in [-0.39, 0.29) is 28.6 Å². The Labute approximate surface area is 175 Å². The maximum Gasteiger partial charge on any atom is 0.509 e. The summed E-state index contributed by atoms with van der Waals surface area (Å²) in [4.78, 5) is 27.4. The predicted molar refractivity (Wildman–Crippen MR) is 101 cm³/mol. The molecule has 0 spiro atoms. The summed E-state index contributed by atoms with van der Waals surface area (Å²) in [5.74, 6) is -1.37. The van der Waals surface area contributed by atoms with E-state index in [0.29, 0.717) is 5.75 Å². The van der Waals surface area contributed by atoms with Crippen molar-refractivity contribution in [2.24, 2.45) is 0 Å². The highest BCUT2D eigenvalue weighted by molar-refractivity contribution is 7.91. The summed E-state index contributed by atoms with van der Waals surface area (Å²) >= 11 is 1.44. The van der Waals surface area contributed by atoms with E-state index >= 15 is 0 Å². The minimum absolute atomic E-state index is 0.0391. The fourth-order valence-electron chi connectivity index (χ4n) is 3.02. The summed E-state index contributed by atoms with van der Waals surface area (Å²) < 4.78 is 40.3. The van der Waals surface area contributed by atoms with Crippen LogP contribution in [0.2, 0.25) is 0 Å². The van der Waals surface area contributed by atoms with Gasteiger partial charge in [0, 0.05) is 17.4 Å². The number of hydroxylamine groups is 2. The Bertz CT molecular complexity index is 1080. The first-order chi connectivity index (χ1) is 14.3. The lowest BCUT2D eigenvalue weighted by atomic mass is 10.2. The molecule has 2 unspecified atom stereocenters. The number of ether oxygens (including phenoxy) is 3. The second-order valence-corrected chi connectivity index (χ2v) is 9.25. The number of aromatic nitrogens is 1. The fourth-order valence-corrected chi connectivity index (χ4v) is 4.70. The van der Waals surface area contributed by atoms with Gasteiger partial charge in [0.05, 0.1) is 16.1 Å². The number of carbonyl (C=O) groups is 2. The van der Waals surface area contributed by atoms with Gasteiger partial charge in [0.2, 0.25) is 0 Å². The molecule has 2 aliphatic rings. The van der Waals surface area contributed by atoms with Crippen molar-refractivity contribution in [3.05, 3.63) is 52.5 Å². The predicted octanol–water partition coefficient (Wildman–Crippen LogP) is 1.91. The molecule has 30 heavy (non-hydrogen) atoms. The van der Waals surface area contributed by atoms with Gasteiger partial charge in [-0.25, -0.2) is 23.3 Å². The lowest BCUT2D eigenvalue weighted by Crippen LogP contribution is -2.33. The number of nitrogens with zero attached hydrogens (tertiary/aromatic N) is 2. The first-order valence-corrected chi connectivity index (χ1v) is 11.3. The van der Waals surface area contributed by atoms with Crippen LogP contribution in [-0.4, -0.2) is 53.8 Å². The molecule has 1 aromatic heterocycles. The van der Waals surface area contributed by atoms with Crippen LogP contribution in [0, 0.1) is 0 Å². The Morgan fingerprint density at radius 2 is 2.07 bits per heavy atom. The molecule has 4 rings (SSSR count). The highest BCUT2D eigenvalue weighted by Gasteiger charge is 2.42. The molecule has 1 aromatic carbocycles. The van der Waals surface area contributed by atoms with Gasteiger partial charge in [-0.1, -0.05) is 0 Å². The minimum atomic E-state index is -3.99. The largest absolute Gasteiger partial charge is 0.509 e. The molecule has 2 aromatic rings. The number of benzene rings is 1. The van der Waals surface area contributed by atoms with E-state index in [2.05, 4.69) is 4.98 Å². The third-order valence-corrected chi connectivity index (χ3v) is 6.70. The Hall–Kier alpha value is -2.96. The first-order valence-electron chi connectivity index (χ1n) is 8.73. The van der Waals surface area contributed by atoms with Crippen LogP contribution in [-0.2, 0) is 30.7 Å². The zero-order valence-corrected chi connectivity index (χ0v) is 17.0. The Kier molecular flexibility index (Phi) is 5.45. The van der Waals surface area contributed by atoms with Crippen LogP contribution in [0.5, 0.6) is 5.75 Å². The maximum atomic E-state index is 12.5. The average molecular weight is 452 g/mol. The quantitative estimate of drug-likeness (QED) is 0.380. The number of amides is 1. The van der Waals surface area contributed by atoms with Gasteiger partial charge in [-0.05, 0) is 30.3 Å². The molecule has 1 saturated heterocycles. The highest BCUT2D eigenvalue weighted by atomic mass is 32.2. The van der Waals surface area contributed by atoms with E-state index in [4.69, 9.17) is 14.2 Å². The molecule has 1 aliphatic carbocycles. The van der Waals surface area contributed by atoms with Gasteiger partial charge in [-0.2, -0.15) is 0 Å². The fraction of sp³-hybridized carbons (Fsp3) is 0.278. The van der Waals surface area contributed by atoms with Crippen LogP contribution in [0.4, 0.5) is 4.79 Å². The smallest absolute Gasteiger partial charge is 0.487 e. The SMILES string of the molecule is O=C1OC2C=C(C(=O)N(O)CS(=O)(=O)c3ccc(OCc4cscn4)cc3)CC2O1. The number of thiazole rings is 1. The zero-order valence-electron chi connectivity index (χ0n) is 15.3. The van der Waals surface area contributed by atoms with Crippen LogP contribution in [0.15, 0.2) is 51.7 Å². The molecule has 10 nitrogen and oxygen atoms in total. The van der Waals surface area contributed by atoms with Crippen molar-refractivity contribution < 1.29 is 37.4 Å². The Morgan fingerprint density at radius 3 is 2.73 bits per heavy atom. The summed E-state index contributed by atoms with van der Waals surface area (Å²) in [5.41, 5.74) is 2.56. The number of carbonyl (C=O) groups excluding carboxylic acids is 2. The van der Waals surface area contributed by atoms with Crippen molar-refractivity contribution >= 4 is 33.2 Å². The van der Waals surface area contributed by atoms with Gasteiger partial charge >= 0.3 is 6.16 Å². The third kappa shape index (κ3) is 4.30. The Balaban J connectivity index is 1.37. The van der Waals surface area contributed by atoms with Crippen molar-refractivity contribution in [2.45, 2.75) is 30.1 Å². The molecule has 12 heteroatoms. The van der Waals surface area contributed by atoms with Gasteiger partial charge in [-0.15, -0.1) is 11.3 Å². The van der Waals surface area contributed by atoms with Crippen molar-refractivity contribution in [1.29, 1.82) is 0 Å². The van der Waals surface area contributed by atoms with Crippen molar-refractivity contribution in [2.75, 3.05) is 5.88 Å². The number of fused-ring (bicyclic) bond motifs is 1. The lowest BCUT2D eigenvalue weighted by Gasteiger charge is -2.16. The van der Waals surface area contributed by atoms with Gasteiger partial charge in [0.1, 0.15) is 12.4 Å². The summed E-state index contributed by atoms with van der Waals surface area (Å²) in [5, 5.41) is 12.0. The molecule has 158 valence electrons. The molecule has 1 aliphatic heterocycles. The van der Waals surface area contributed by atoms with E-state index in [1.54, 1.807) is 5.51 Å². The standard InChI is InChI=1S/C18H16N2O8S2/c21-17(11-5-15-16(6-11)28-18(22)27-15)20(23)10-30(24,25)14-3-1-13(2-4-14)26-7-12-8-29-9-19-12/h1-5,8-9,15-16,23H,6-7,10H2. The number of hydrogen-bond donors (Lipinski definition) is 1. The van der Waals surface area contributed by atoms with Crippen LogP contribution in [0.1, 0.15) is 12.1 Å². The van der Waals surface area contributed by atoms with Crippen LogP contribution in [0.3, 0.4) is 0 Å². The number of rotatable bonds is 7. The molecular weight excluding hydrogens is 436 g/mol. The lowest BCUT2D eigenvalue weighted by molar-refractivity contribution is -0.156. The summed E-state index contributed by atoms with van der Waals surface area (Å²) in [7, 11) is -3.99. The summed E-state index contributed by atoms with van der Waals surface area (Å²) in [6.45, 7) is 0.255. The minimum Gasteiger partial charge on any atom is -0.487 e. The molecule has 1 fully saturated rings. The number of hydrogen-bond acceptors (Lipinski definition) is 10. The molecule has 0 bridgehead atoms. The first kappa shape index (κ1) is 20.3. The highest BCUT2D eigenvalue weighted by Crippen LogP contribution is 2.31. The second kappa shape index (κ2) is 8.05. The molecule has 0 radical (unpaired) electrons. The van der Waals surface area contributed by atoms with E-state index < -0.39 is 40.0 Å². The summed E-state index contributed by atoms with van der Waals surface area (Å²) in [6, 6.07) is 5.62. The molecule has 1 amide bonds. The van der Waals surface area contributed by atoms with Crippen molar-refractivity contribution in [3.8, 4) is 5.75 Å². The normalized spacial score (nSPS) is 20.2. The van der Waals surface area contributed by atoms with Gasteiger partial charge < -0.3 is 14.2 Å². The summed E-state index contributed by atoms with van der Waals surface area (Å²) in [6.07, 6.45) is -0.786. The molecule has 0 saturated carbocycles. The topological polar surface area (TPSA) is 132 Å². The van der Waals surface area contributed by atoms with Crippen LogP contribution < -0.4 is 4.74 Å². The molecule has 2 heterocycles. The van der Waals surface area contributed by atoms with Crippen LogP contribution >= 0.6 is 11.3 Å². The van der Waals surface area contributed by atoms with Crippen molar-refractivity contribution in [3.63, 3.8) is 0 Å². The Morgan fingerprint density at radius 1 is 1.30 bits per heavy atom. The third-order valence-electron chi connectivity index (χ3n) is 4.49. The van der Waals surface area contributed by atoms with Crippen LogP contribution in [0.25, 0.3) is 0 Å². The van der Waals surface area contributed by atoms with Gasteiger partial charge in [-0.3, -0.25) is 10.0 Å². The number of sulfone groups is 1. The molecular formula is C18H16N2O8S2.